The maximum absolute atomic E-state index is 9.54. The molecule has 0 fully saturated rings. The summed E-state index contributed by atoms with van der Waals surface area (Å²) in [6.45, 7) is 2.73. The fraction of sp³-hybridized carbons (Fsp3) is 0.571. The maximum Gasteiger partial charge on any atom is 0.119 e. The predicted octanol–water partition coefficient (Wildman–Crippen LogP) is 3.02. The van der Waals surface area contributed by atoms with Gasteiger partial charge in [-0.3, -0.25) is 0 Å². The second kappa shape index (κ2) is 7.96. The van der Waals surface area contributed by atoms with Crippen molar-refractivity contribution in [1.29, 1.82) is 0 Å². The number of ether oxygens (including phenoxy) is 2. The van der Waals surface area contributed by atoms with Crippen LogP contribution in [0.15, 0.2) is 24.3 Å². The number of benzene rings is 1. The molecule has 96 valence electrons. The molecule has 0 heterocycles. The highest BCUT2D eigenvalue weighted by molar-refractivity contribution is 5.31. The third-order valence-corrected chi connectivity index (χ3v) is 2.63. The topological polar surface area (TPSA) is 38.7 Å². The molecule has 1 aromatic carbocycles. The van der Waals surface area contributed by atoms with Gasteiger partial charge in [-0.15, -0.1) is 0 Å². The standard InChI is InChI=1S/C14H22O3/c1-3-5-12(15)6-4-11-17-14-9-7-13(16-2)8-10-14/h7-10,12,15H,3-6,11H2,1-2H3. The maximum atomic E-state index is 9.54. The van der Waals surface area contributed by atoms with Gasteiger partial charge >= 0.3 is 0 Å². The van der Waals surface area contributed by atoms with E-state index in [-0.39, 0.29) is 6.10 Å². The average molecular weight is 238 g/mol. The van der Waals surface area contributed by atoms with Crippen LogP contribution in [0.3, 0.4) is 0 Å². The van der Waals surface area contributed by atoms with Crippen LogP contribution in [-0.2, 0) is 0 Å². The van der Waals surface area contributed by atoms with Gasteiger partial charge in [0, 0.05) is 0 Å². The second-order valence-corrected chi connectivity index (χ2v) is 4.11. The number of aliphatic hydroxyl groups is 1. The Hall–Kier alpha value is -1.22. The summed E-state index contributed by atoms with van der Waals surface area (Å²) in [6, 6.07) is 7.53. The molecule has 0 bridgehead atoms. The Kier molecular flexibility index (Phi) is 6.48. The van der Waals surface area contributed by atoms with Crippen molar-refractivity contribution in [2.24, 2.45) is 0 Å². The minimum absolute atomic E-state index is 0.181. The highest BCUT2D eigenvalue weighted by Crippen LogP contribution is 2.17. The highest BCUT2D eigenvalue weighted by Gasteiger charge is 2.02. The largest absolute Gasteiger partial charge is 0.497 e. The predicted molar refractivity (Wildman–Crippen MR) is 68.6 cm³/mol. The second-order valence-electron chi connectivity index (χ2n) is 4.11. The minimum Gasteiger partial charge on any atom is -0.497 e. The molecule has 17 heavy (non-hydrogen) atoms. The molecule has 0 saturated heterocycles. The fourth-order valence-corrected chi connectivity index (χ4v) is 1.66. The molecule has 0 spiro atoms. The van der Waals surface area contributed by atoms with Crippen LogP contribution < -0.4 is 9.47 Å². The van der Waals surface area contributed by atoms with E-state index in [1.165, 1.54) is 0 Å². The first-order valence-corrected chi connectivity index (χ1v) is 6.21. The molecule has 0 radical (unpaired) electrons. The molecule has 0 aliphatic rings. The van der Waals surface area contributed by atoms with Gasteiger partial charge in [0.2, 0.25) is 0 Å². The van der Waals surface area contributed by atoms with Gasteiger partial charge in [-0.2, -0.15) is 0 Å². The van der Waals surface area contributed by atoms with Gasteiger partial charge < -0.3 is 14.6 Å². The molecule has 1 atom stereocenters. The Morgan fingerprint density at radius 1 is 1.12 bits per heavy atom. The van der Waals surface area contributed by atoms with Crippen LogP contribution in [0.5, 0.6) is 11.5 Å². The number of aliphatic hydroxyl groups excluding tert-OH is 1. The van der Waals surface area contributed by atoms with E-state index in [1.54, 1.807) is 7.11 Å². The van der Waals surface area contributed by atoms with Crippen molar-refractivity contribution in [2.45, 2.75) is 38.7 Å². The van der Waals surface area contributed by atoms with Gasteiger partial charge in [-0.1, -0.05) is 13.3 Å². The normalized spacial score (nSPS) is 12.2. The first-order chi connectivity index (χ1) is 8.26. The van der Waals surface area contributed by atoms with E-state index in [1.807, 2.05) is 24.3 Å². The molecule has 1 rings (SSSR count). The number of methoxy groups -OCH3 is 1. The quantitative estimate of drug-likeness (QED) is 0.707. The molecule has 3 heteroatoms. The third-order valence-electron chi connectivity index (χ3n) is 2.63. The lowest BCUT2D eigenvalue weighted by Crippen LogP contribution is -2.08. The Morgan fingerprint density at radius 3 is 2.35 bits per heavy atom. The summed E-state index contributed by atoms with van der Waals surface area (Å²) in [6.07, 6.45) is 3.42. The van der Waals surface area contributed by atoms with Crippen LogP contribution in [0.4, 0.5) is 0 Å². The molecule has 0 aromatic heterocycles. The van der Waals surface area contributed by atoms with E-state index in [9.17, 15) is 5.11 Å². The molecule has 1 N–H and O–H groups in total. The van der Waals surface area contributed by atoms with E-state index in [4.69, 9.17) is 9.47 Å². The van der Waals surface area contributed by atoms with Crippen molar-refractivity contribution >= 4 is 0 Å². The Morgan fingerprint density at radius 2 is 1.76 bits per heavy atom. The van der Waals surface area contributed by atoms with Crippen LogP contribution in [0.1, 0.15) is 32.6 Å². The smallest absolute Gasteiger partial charge is 0.119 e. The first kappa shape index (κ1) is 13.8. The van der Waals surface area contributed by atoms with Gasteiger partial charge in [0.25, 0.3) is 0 Å². The molecule has 0 aliphatic heterocycles. The lowest BCUT2D eigenvalue weighted by atomic mass is 10.1. The van der Waals surface area contributed by atoms with Gasteiger partial charge in [-0.05, 0) is 43.5 Å². The minimum atomic E-state index is -0.181. The molecule has 1 aromatic rings. The summed E-state index contributed by atoms with van der Waals surface area (Å²) < 4.78 is 10.6. The zero-order valence-electron chi connectivity index (χ0n) is 10.7. The summed E-state index contributed by atoms with van der Waals surface area (Å²) in [5.74, 6) is 1.67. The Labute approximate surface area is 103 Å². The molecule has 0 aliphatic carbocycles. The van der Waals surface area contributed by atoms with Crippen molar-refractivity contribution in [2.75, 3.05) is 13.7 Å². The van der Waals surface area contributed by atoms with Crippen LogP contribution >= 0.6 is 0 Å². The molecule has 0 amide bonds. The average Bonchev–Trinajstić information content (AvgIpc) is 2.36. The molecule has 3 nitrogen and oxygen atoms in total. The van der Waals surface area contributed by atoms with Crippen molar-refractivity contribution in [3.05, 3.63) is 24.3 Å². The van der Waals surface area contributed by atoms with Crippen LogP contribution in [0.2, 0.25) is 0 Å². The molecular formula is C14H22O3. The van der Waals surface area contributed by atoms with E-state index in [2.05, 4.69) is 6.92 Å². The summed E-state index contributed by atoms with van der Waals surface area (Å²) in [5.41, 5.74) is 0. The van der Waals surface area contributed by atoms with E-state index < -0.39 is 0 Å². The van der Waals surface area contributed by atoms with Gasteiger partial charge in [0.1, 0.15) is 11.5 Å². The summed E-state index contributed by atoms with van der Waals surface area (Å²) in [5, 5.41) is 9.54. The summed E-state index contributed by atoms with van der Waals surface area (Å²) in [4.78, 5) is 0. The highest BCUT2D eigenvalue weighted by atomic mass is 16.5. The van der Waals surface area contributed by atoms with Crippen molar-refractivity contribution < 1.29 is 14.6 Å². The van der Waals surface area contributed by atoms with Crippen LogP contribution in [0, 0.1) is 0 Å². The van der Waals surface area contributed by atoms with Crippen molar-refractivity contribution in [3.8, 4) is 11.5 Å². The lowest BCUT2D eigenvalue weighted by Gasteiger charge is -2.10. The molecule has 0 saturated carbocycles. The SMILES string of the molecule is CCCC(O)CCCOc1ccc(OC)cc1. The first-order valence-electron chi connectivity index (χ1n) is 6.21. The van der Waals surface area contributed by atoms with Crippen LogP contribution in [-0.4, -0.2) is 24.9 Å². The van der Waals surface area contributed by atoms with Crippen molar-refractivity contribution in [3.63, 3.8) is 0 Å². The summed E-state index contributed by atoms with van der Waals surface area (Å²) >= 11 is 0. The van der Waals surface area contributed by atoms with E-state index in [0.29, 0.717) is 6.61 Å². The van der Waals surface area contributed by atoms with Crippen LogP contribution in [0.25, 0.3) is 0 Å². The Balaban J connectivity index is 2.17. The third kappa shape index (κ3) is 5.59. The fourth-order valence-electron chi connectivity index (χ4n) is 1.66. The van der Waals surface area contributed by atoms with Gasteiger partial charge in [-0.25, -0.2) is 0 Å². The zero-order valence-corrected chi connectivity index (χ0v) is 10.7. The number of hydrogen-bond donors (Lipinski definition) is 1. The number of hydrogen-bond acceptors (Lipinski definition) is 3. The monoisotopic (exact) mass is 238 g/mol. The number of rotatable bonds is 8. The summed E-state index contributed by atoms with van der Waals surface area (Å²) in [7, 11) is 1.64. The molecular weight excluding hydrogens is 216 g/mol. The Bertz CT molecular complexity index is 295. The van der Waals surface area contributed by atoms with E-state index in [0.717, 1.165) is 37.2 Å². The van der Waals surface area contributed by atoms with E-state index >= 15 is 0 Å². The lowest BCUT2D eigenvalue weighted by molar-refractivity contribution is 0.142. The zero-order chi connectivity index (χ0) is 12.5. The van der Waals surface area contributed by atoms with Crippen molar-refractivity contribution in [1.82, 2.24) is 0 Å². The van der Waals surface area contributed by atoms with Gasteiger partial charge in [0.05, 0.1) is 19.8 Å². The van der Waals surface area contributed by atoms with Gasteiger partial charge in [0.15, 0.2) is 0 Å². The molecule has 1 unspecified atom stereocenters.